The van der Waals surface area contributed by atoms with Crippen LogP contribution in [0.25, 0.3) is 16.9 Å². The fraction of sp³-hybridized carbons (Fsp3) is 0.710. The molecule has 0 fully saturated rings. The Morgan fingerprint density at radius 3 is 0.938 bits per heavy atom. The third kappa shape index (κ3) is 30.2. The minimum absolute atomic E-state index is 0. The molecule has 2 aromatic carbocycles. The summed E-state index contributed by atoms with van der Waals surface area (Å²) in [5.41, 5.74) is 22.3. The van der Waals surface area contributed by atoms with Crippen LogP contribution in [-0.4, -0.2) is 4.70 Å². The molecule has 0 amide bonds. The summed E-state index contributed by atoms with van der Waals surface area (Å²) in [5.74, 6) is 0. The van der Waals surface area contributed by atoms with Gasteiger partial charge in [0.25, 0.3) is 0 Å². The summed E-state index contributed by atoms with van der Waals surface area (Å²) in [6.07, 6.45) is 49.6. The van der Waals surface area contributed by atoms with Crippen molar-refractivity contribution in [1.82, 2.24) is 0 Å². The van der Waals surface area contributed by atoms with E-state index in [2.05, 4.69) is 104 Å². The van der Waals surface area contributed by atoms with E-state index in [1.165, 1.54) is 239 Å². The van der Waals surface area contributed by atoms with Gasteiger partial charge in [0.15, 0.2) is 0 Å². The van der Waals surface area contributed by atoms with E-state index in [-0.39, 0.29) is 16.5 Å². The number of hydrogen-bond donors (Lipinski definition) is 0. The van der Waals surface area contributed by atoms with Crippen LogP contribution in [0.2, 0.25) is 0 Å². The fourth-order valence-corrected chi connectivity index (χ4v) is 8.96. The van der Waals surface area contributed by atoms with E-state index < -0.39 is 0 Å². The molecule has 1 aliphatic heterocycles. The summed E-state index contributed by atoms with van der Waals surface area (Å²) < 4.78 is 1.61. The van der Waals surface area contributed by atoms with Gasteiger partial charge in [-0.1, -0.05) is 246 Å². The Balaban J connectivity index is 0.00000419. The van der Waals surface area contributed by atoms with Gasteiger partial charge in [0.05, 0.1) is 0 Å². The van der Waals surface area contributed by atoms with Crippen molar-refractivity contribution in [3.8, 4) is 0 Å². The monoisotopic (exact) mass is 937 g/mol. The molecule has 374 valence electrons. The molecule has 0 atom stereocenters. The van der Waals surface area contributed by atoms with E-state index in [1.807, 2.05) is 0 Å². The molecule has 1 heterocycles. The molecule has 65 heavy (non-hydrogen) atoms. The van der Waals surface area contributed by atoms with Gasteiger partial charge in [-0.2, -0.15) is 12.8 Å². The zero-order chi connectivity index (χ0) is 46.7. The van der Waals surface area contributed by atoms with E-state index in [0.29, 0.717) is 0 Å². The van der Waals surface area contributed by atoms with E-state index >= 15 is 0 Å². The van der Waals surface area contributed by atoms with E-state index in [1.54, 1.807) is 4.70 Å². The average molecular weight is 938 g/mol. The number of unbranched alkanes of at least 4 members (excludes halogenated alkanes) is 28. The predicted molar refractivity (Wildman–Crippen MR) is 289 cm³/mol. The molecule has 0 saturated heterocycles. The first-order valence-electron chi connectivity index (χ1n) is 28.2. The first-order valence-corrected chi connectivity index (χ1v) is 28.2. The molecule has 0 bridgehead atoms. The minimum Gasteiger partial charge on any atom is -0.493 e. The van der Waals surface area contributed by atoms with Gasteiger partial charge in [0, 0.05) is 22.3 Å². The van der Waals surface area contributed by atoms with Crippen LogP contribution >= 0.6 is 0 Å². The molecule has 0 aliphatic carbocycles. The van der Waals surface area contributed by atoms with Gasteiger partial charge in [-0.3, -0.25) is 0 Å². The van der Waals surface area contributed by atoms with Crippen LogP contribution in [0.3, 0.4) is 0 Å². The molecule has 3 heteroatoms. The number of aryl methyl sites for hydroxylation is 2. The van der Waals surface area contributed by atoms with Crippen LogP contribution in [0.1, 0.15) is 295 Å². The van der Waals surface area contributed by atoms with Crippen molar-refractivity contribution in [1.29, 1.82) is 0 Å². The Bertz CT molecular complexity index is 1440. The summed E-state index contributed by atoms with van der Waals surface area (Å²) in [7, 11) is 0. The van der Waals surface area contributed by atoms with Gasteiger partial charge in [-0.25, -0.2) is 4.70 Å². The Labute approximate surface area is 417 Å². The second kappa shape index (κ2) is 45.8. The minimum atomic E-state index is 0. The molecular formula is C62H106N2Ni. The van der Waals surface area contributed by atoms with Crippen LogP contribution in [0.15, 0.2) is 59.7 Å². The van der Waals surface area contributed by atoms with Gasteiger partial charge < -0.3 is 19.4 Å². The van der Waals surface area contributed by atoms with Crippen LogP contribution in [-0.2, 0) is 29.3 Å². The molecule has 1 aliphatic rings. The number of hydrogen-bond acceptors (Lipinski definition) is 0. The van der Waals surface area contributed by atoms with Gasteiger partial charge in [-0.05, 0) is 86.8 Å². The molecule has 0 aromatic heterocycles. The summed E-state index contributed by atoms with van der Waals surface area (Å²) in [6, 6.07) is 18.3. The summed E-state index contributed by atoms with van der Waals surface area (Å²) >= 11 is 0. The van der Waals surface area contributed by atoms with Crippen molar-refractivity contribution in [2.75, 3.05) is 0 Å². The molecule has 2 nitrogen and oxygen atoms in total. The topological polar surface area (TPSA) is 25.3 Å². The Morgan fingerprint density at radius 2 is 0.615 bits per heavy atom. The summed E-state index contributed by atoms with van der Waals surface area (Å²) in [6.45, 7) is 20.6. The van der Waals surface area contributed by atoms with Gasteiger partial charge in [0.2, 0.25) is 11.4 Å². The zero-order valence-corrected chi connectivity index (χ0v) is 45.1. The molecule has 0 spiro atoms. The standard InChI is InChI=1S/C54H88N2.2C4H9.Ni/c1-5-9-13-15-17-18-19-20-21-22-23-24-25-26-27-28-29-30-33-38-48-40-36-42-50(46-48)53-51(43-32-11-7-3)52(44-34-31-16-14-10-6-2)54(56(53)55)49-41-35-39-47(45-49)37-12-8-4;2*1-3-4-2;/h35-36,39-42,45-46H,5-34,37-38,43-44H2,1-4H3;2*1,3-4H2,2H3;/q;2*-1;+2. The van der Waals surface area contributed by atoms with E-state index in [4.69, 9.17) is 0 Å². The maximum Gasteiger partial charge on any atom is 2.00 e. The Kier molecular flexibility index (Phi) is 44.4. The smallest absolute Gasteiger partial charge is 0.493 e. The van der Waals surface area contributed by atoms with Crippen LogP contribution in [0, 0.1) is 13.8 Å². The van der Waals surface area contributed by atoms with E-state index in [9.17, 15) is 5.53 Å². The molecule has 0 unspecified atom stereocenters. The first kappa shape index (κ1) is 63.0. The molecular weight excluding hydrogens is 831 g/mol. The molecule has 2 aromatic rings. The molecule has 0 N–H and O–H groups in total. The molecule has 0 saturated carbocycles. The third-order valence-electron chi connectivity index (χ3n) is 13.2. The van der Waals surface area contributed by atoms with Crippen LogP contribution < -0.4 is 0 Å². The Hall–Kier alpha value is -1.99. The Morgan fingerprint density at radius 1 is 0.354 bits per heavy atom. The van der Waals surface area contributed by atoms with Crippen molar-refractivity contribution in [2.24, 2.45) is 0 Å². The summed E-state index contributed by atoms with van der Waals surface area (Å²) in [5, 5.41) is 0. The number of rotatable bonds is 38. The quantitative estimate of drug-likeness (QED) is 0.0277. The summed E-state index contributed by atoms with van der Waals surface area (Å²) in [4.78, 5) is 0. The molecule has 0 radical (unpaired) electrons. The predicted octanol–water partition coefficient (Wildman–Crippen LogP) is 21.7. The maximum atomic E-state index is 12.2. The van der Waals surface area contributed by atoms with Crippen LogP contribution in [0.4, 0.5) is 0 Å². The number of benzene rings is 2. The SMILES string of the molecule is CCCCCCCCCCCCCCCCCCCCCc1cccc(C2=C(CCCCC)C(CCCCCCCC)=C(c3cccc(CCCC)c3)[N+]2=[N-])c1.[CH2-]CCC.[CH2-]CCC.[Ni+2]. The van der Waals surface area contributed by atoms with Crippen molar-refractivity contribution in [3.05, 3.63) is 101 Å². The van der Waals surface area contributed by atoms with Gasteiger partial charge in [-0.15, -0.1) is 0 Å². The molecule has 3 rings (SSSR count). The number of nitrogens with zero attached hydrogens (tertiary/aromatic N) is 2. The van der Waals surface area contributed by atoms with Gasteiger partial charge >= 0.3 is 16.5 Å². The average Bonchev–Trinajstić information content (AvgIpc) is 3.60. The second-order valence-electron chi connectivity index (χ2n) is 19.3. The van der Waals surface area contributed by atoms with Gasteiger partial charge in [0.1, 0.15) is 0 Å². The van der Waals surface area contributed by atoms with E-state index in [0.717, 1.165) is 49.9 Å². The number of allylic oxidation sites excluding steroid dienone is 2. The van der Waals surface area contributed by atoms with Crippen molar-refractivity contribution in [3.63, 3.8) is 0 Å². The normalized spacial score (nSPS) is 12.3. The third-order valence-corrected chi connectivity index (χ3v) is 13.2. The van der Waals surface area contributed by atoms with Crippen molar-refractivity contribution >= 4 is 11.4 Å². The second-order valence-corrected chi connectivity index (χ2v) is 19.3. The zero-order valence-electron chi connectivity index (χ0n) is 44.1. The van der Waals surface area contributed by atoms with Crippen LogP contribution in [0.5, 0.6) is 0 Å². The fourth-order valence-electron chi connectivity index (χ4n) is 8.96. The largest absolute Gasteiger partial charge is 2.00 e. The first-order chi connectivity index (χ1) is 31.5. The maximum absolute atomic E-state index is 12.2. The van der Waals surface area contributed by atoms with Crippen molar-refractivity contribution < 1.29 is 21.2 Å². The van der Waals surface area contributed by atoms with Crippen molar-refractivity contribution in [2.45, 2.75) is 286 Å².